The zero-order valence-corrected chi connectivity index (χ0v) is 13.4. The van der Waals surface area contributed by atoms with E-state index in [0.29, 0.717) is 12.6 Å². The van der Waals surface area contributed by atoms with Crippen LogP contribution in [0, 0.1) is 0 Å². The van der Waals surface area contributed by atoms with Gasteiger partial charge in [0.15, 0.2) is 0 Å². The Bertz CT molecular complexity index is 428. The fourth-order valence-electron chi connectivity index (χ4n) is 2.92. The van der Waals surface area contributed by atoms with Gasteiger partial charge in [0.05, 0.1) is 10.7 Å². The average Bonchev–Trinajstić information content (AvgIpc) is 2.47. The number of benzene rings is 1. The molecule has 2 rings (SSSR count). The second-order valence-electron chi connectivity index (χ2n) is 5.57. The van der Waals surface area contributed by atoms with Gasteiger partial charge in [-0.05, 0) is 37.9 Å². The van der Waals surface area contributed by atoms with Gasteiger partial charge in [-0.2, -0.15) is 0 Å². The molecule has 0 aliphatic carbocycles. The number of piperazine rings is 1. The van der Waals surface area contributed by atoms with Crippen molar-refractivity contribution in [2.24, 2.45) is 5.73 Å². The van der Waals surface area contributed by atoms with Crippen LogP contribution in [0.4, 0.5) is 5.69 Å². The van der Waals surface area contributed by atoms with Gasteiger partial charge in [-0.25, -0.2) is 0 Å². The molecule has 1 heterocycles. The van der Waals surface area contributed by atoms with Crippen molar-refractivity contribution in [3.05, 3.63) is 28.8 Å². The Kier molecular flexibility index (Phi) is 5.70. The van der Waals surface area contributed by atoms with Crippen LogP contribution in [0.2, 0.25) is 5.02 Å². The van der Waals surface area contributed by atoms with Crippen LogP contribution in [0.1, 0.15) is 25.8 Å². The number of nitrogens with zero attached hydrogens (tertiary/aromatic N) is 2. The summed E-state index contributed by atoms with van der Waals surface area (Å²) in [6.07, 6.45) is 2.10. The molecule has 0 aromatic heterocycles. The molecule has 1 atom stereocenters. The Labute approximate surface area is 127 Å². The number of halogens is 1. The van der Waals surface area contributed by atoms with Crippen molar-refractivity contribution < 1.29 is 0 Å². The highest BCUT2D eigenvalue weighted by Crippen LogP contribution is 2.31. The second-order valence-corrected chi connectivity index (χ2v) is 5.97. The van der Waals surface area contributed by atoms with E-state index in [1.165, 1.54) is 17.7 Å². The van der Waals surface area contributed by atoms with E-state index in [0.717, 1.165) is 37.6 Å². The van der Waals surface area contributed by atoms with Crippen molar-refractivity contribution in [1.29, 1.82) is 0 Å². The van der Waals surface area contributed by atoms with E-state index in [-0.39, 0.29) is 0 Å². The first-order valence-electron chi connectivity index (χ1n) is 7.63. The molecule has 0 saturated carbocycles. The molecule has 0 radical (unpaired) electrons. The van der Waals surface area contributed by atoms with Gasteiger partial charge in [0, 0.05) is 32.2 Å². The van der Waals surface area contributed by atoms with Crippen molar-refractivity contribution in [2.75, 3.05) is 37.6 Å². The largest absolute Gasteiger partial charge is 0.368 e. The van der Waals surface area contributed by atoms with Crippen molar-refractivity contribution in [1.82, 2.24) is 4.90 Å². The van der Waals surface area contributed by atoms with Crippen LogP contribution in [0.5, 0.6) is 0 Å². The Balaban J connectivity index is 2.10. The third-order valence-corrected chi connectivity index (χ3v) is 4.63. The SMILES string of the molecule is CCC(C)N1CCN(c2c(Cl)cccc2CCN)CC1. The Hall–Kier alpha value is -0.770. The molecule has 112 valence electrons. The molecular weight excluding hydrogens is 270 g/mol. The van der Waals surface area contributed by atoms with Crippen molar-refractivity contribution in [2.45, 2.75) is 32.7 Å². The lowest BCUT2D eigenvalue weighted by Crippen LogP contribution is -2.49. The maximum Gasteiger partial charge on any atom is 0.0642 e. The van der Waals surface area contributed by atoms with Crippen LogP contribution in [-0.2, 0) is 6.42 Å². The second kappa shape index (κ2) is 7.30. The highest BCUT2D eigenvalue weighted by atomic mass is 35.5. The number of para-hydroxylation sites is 1. The Morgan fingerprint density at radius 1 is 1.25 bits per heavy atom. The molecule has 1 aliphatic heterocycles. The Morgan fingerprint density at radius 2 is 1.95 bits per heavy atom. The zero-order chi connectivity index (χ0) is 14.5. The minimum absolute atomic E-state index is 0.667. The van der Waals surface area contributed by atoms with E-state index in [2.05, 4.69) is 29.7 Å². The topological polar surface area (TPSA) is 32.5 Å². The smallest absolute Gasteiger partial charge is 0.0642 e. The molecule has 1 aromatic carbocycles. The number of hydrogen-bond acceptors (Lipinski definition) is 3. The molecule has 1 aromatic rings. The molecule has 3 nitrogen and oxygen atoms in total. The molecule has 1 fully saturated rings. The van der Waals surface area contributed by atoms with Crippen LogP contribution in [-0.4, -0.2) is 43.7 Å². The summed E-state index contributed by atoms with van der Waals surface area (Å²) in [5.74, 6) is 0. The molecule has 0 spiro atoms. The van der Waals surface area contributed by atoms with Gasteiger partial charge in [-0.15, -0.1) is 0 Å². The van der Waals surface area contributed by atoms with Gasteiger partial charge in [-0.3, -0.25) is 4.90 Å². The molecule has 1 unspecified atom stereocenters. The van der Waals surface area contributed by atoms with Gasteiger partial charge < -0.3 is 10.6 Å². The monoisotopic (exact) mass is 295 g/mol. The minimum atomic E-state index is 0.667. The predicted molar refractivity (Wildman–Crippen MR) is 87.7 cm³/mol. The summed E-state index contributed by atoms with van der Waals surface area (Å²) in [4.78, 5) is 4.99. The van der Waals surface area contributed by atoms with Gasteiger partial charge in [0.1, 0.15) is 0 Å². The number of nitrogens with two attached hydrogens (primary N) is 1. The van der Waals surface area contributed by atoms with Gasteiger partial charge in [0.2, 0.25) is 0 Å². The number of hydrogen-bond donors (Lipinski definition) is 1. The van der Waals surface area contributed by atoms with Crippen molar-refractivity contribution in [3.63, 3.8) is 0 Å². The van der Waals surface area contributed by atoms with Crippen LogP contribution in [0.3, 0.4) is 0 Å². The first-order valence-corrected chi connectivity index (χ1v) is 8.01. The summed E-state index contributed by atoms with van der Waals surface area (Å²) < 4.78 is 0. The van der Waals surface area contributed by atoms with Crippen LogP contribution in [0.15, 0.2) is 18.2 Å². The first kappa shape index (κ1) is 15.6. The summed E-state index contributed by atoms with van der Waals surface area (Å²) in [6, 6.07) is 6.83. The van der Waals surface area contributed by atoms with Gasteiger partial charge in [0.25, 0.3) is 0 Å². The molecule has 4 heteroatoms. The molecule has 2 N–H and O–H groups in total. The normalized spacial score (nSPS) is 18.3. The lowest BCUT2D eigenvalue weighted by atomic mass is 10.1. The number of rotatable bonds is 5. The van der Waals surface area contributed by atoms with Gasteiger partial charge >= 0.3 is 0 Å². The van der Waals surface area contributed by atoms with E-state index >= 15 is 0 Å². The van der Waals surface area contributed by atoms with Crippen molar-refractivity contribution in [3.8, 4) is 0 Å². The molecule has 0 amide bonds. The summed E-state index contributed by atoms with van der Waals surface area (Å²) in [5, 5.41) is 0.855. The van der Waals surface area contributed by atoms with E-state index in [9.17, 15) is 0 Å². The Morgan fingerprint density at radius 3 is 2.55 bits per heavy atom. The fourth-order valence-corrected chi connectivity index (χ4v) is 3.23. The van der Waals surface area contributed by atoms with Crippen molar-refractivity contribution >= 4 is 17.3 Å². The highest BCUT2D eigenvalue weighted by molar-refractivity contribution is 6.33. The van der Waals surface area contributed by atoms with Crippen LogP contribution >= 0.6 is 11.6 Å². The van der Waals surface area contributed by atoms with E-state index < -0.39 is 0 Å². The van der Waals surface area contributed by atoms with E-state index in [4.69, 9.17) is 17.3 Å². The summed E-state index contributed by atoms with van der Waals surface area (Å²) in [5.41, 5.74) is 8.19. The number of anilines is 1. The average molecular weight is 296 g/mol. The van der Waals surface area contributed by atoms with Gasteiger partial charge in [-0.1, -0.05) is 30.7 Å². The zero-order valence-electron chi connectivity index (χ0n) is 12.6. The molecule has 1 saturated heterocycles. The van der Waals surface area contributed by atoms with E-state index in [1.54, 1.807) is 0 Å². The summed E-state index contributed by atoms with van der Waals surface area (Å²) >= 11 is 6.43. The standard InChI is InChI=1S/C16H26ClN3/c1-3-13(2)19-9-11-20(12-10-19)16-14(7-8-18)5-4-6-15(16)17/h4-6,13H,3,7-12,18H2,1-2H3. The molecular formula is C16H26ClN3. The summed E-state index contributed by atoms with van der Waals surface area (Å²) in [7, 11) is 0. The lowest BCUT2D eigenvalue weighted by Gasteiger charge is -2.40. The first-order chi connectivity index (χ1) is 9.67. The fraction of sp³-hybridized carbons (Fsp3) is 0.625. The predicted octanol–water partition coefficient (Wildman–Crippen LogP) is 2.76. The minimum Gasteiger partial charge on any atom is -0.368 e. The van der Waals surface area contributed by atoms with E-state index in [1.807, 2.05) is 12.1 Å². The maximum absolute atomic E-state index is 6.43. The molecule has 20 heavy (non-hydrogen) atoms. The molecule has 0 bridgehead atoms. The van der Waals surface area contributed by atoms with Crippen LogP contribution < -0.4 is 10.6 Å². The highest BCUT2D eigenvalue weighted by Gasteiger charge is 2.22. The summed E-state index contributed by atoms with van der Waals surface area (Å²) in [6.45, 7) is 9.55. The maximum atomic E-state index is 6.43. The molecule has 1 aliphatic rings. The quantitative estimate of drug-likeness (QED) is 0.907. The third kappa shape index (κ3) is 3.46. The van der Waals surface area contributed by atoms with Crippen LogP contribution in [0.25, 0.3) is 0 Å². The lowest BCUT2D eigenvalue weighted by molar-refractivity contribution is 0.192. The third-order valence-electron chi connectivity index (χ3n) is 4.33.